The first kappa shape index (κ1) is 11.0. The molecule has 0 aliphatic carbocycles. The van der Waals surface area contributed by atoms with Crippen molar-refractivity contribution < 1.29 is 0 Å². The number of rotatable bonds is 3. The molecule has 0 fully saturated rings. The van der Waals surface area contributed by atoms with Gasteiger partial charge in [-0.25, -0.2) is 0 Å². The van der Waals surface area contributed by atoms with Crippen LogP contribution in [-0.4, -0.2) is 4.57 Å². The van der Waals surface area contributed by atoms with Gasteiger partial charge in [0.25, 0.3) is 0 Å². The first-order valence-electron chi connectivity index (χ1n) is 5.98. The molecule has 0 amide bonds. The normalized spacial score (nSPS) is 11.0. The molecule has 1 aromatic carbocycles. The van der Waals surface area contributed by atoms with Gasteiger partial charge in [-0.15, -0.1) is 0 Å². The molecule has 0 spiro atoms. The molecule has 0 saturated heterocycles. The predicted octanol–water partition coefficient (Wildman–Crippen LogP) is 4.30. The maximum atomic E-state index is 2.32. The lowest BCUT2D eigenvalue weighted by Gasteiger charge is -2.12. The van der Waals surface area contributed by atoms with Crippen molar-refractivity contribution in [2.24, 2.45) is 0 Å². The molecule has 0 atom stereocenters. The number of nitrogens with zero attached hydrogens (tertiary/aromatic N) is 1. The van der Waals surface area contributed by atoms with Crippen LogP contribution in [0, 0.1) is 0 Å². The Hall–Kier alpha value is -1.50. The third-order valence-electron chi connectivity index (χ3n) is 3.00. The zero-order valence-corrected chi connectivity index (χ0v) is 10.3. The van der Waals surface area contributed by atoms with Gasteiger partial charge in [-0.2, -0.15) is 0 Å². The monoisotopic (exact) mass is 213 g/mol. The van der Waals surface area contributed by atoms with Crippen LogP contribution in [0.5, 0.6) is 0 Å². The second-order valence-corrected chi connectivity index (χ2v) is 4.43. The maximum Gasteiger partial charge on any atom is 0.0515 e. The van der Waals surface area contributed by atoms with Crippen LogP contribution in [0.15, 0.2) is 42.6 Å². The van der Waals surface area contributed by atoms with Gasteiger partial charge in [0.05, 0.1) is 5.69 Å². The summed E-state index contributed by atoms with van der Waals surface area (Å²) in [4.78, 5) is 0. The number of aromatic nitrogens is 1. The molecule has 2 rings (SSSR count). The SMILES string of the molecule is CCn1ccc(C(C)C)c1-c1ccccc1. The number of hydrogen-bond donors (Lipinski definition) is 0. The number of benzene rings is 1. The van der Waals surface area contributed by atoms with Gasteiger partial charge in [0.15, 0.2) is 0 Å². The average molecular weight is 213 g/mol. The second-order valence-electron chi connectivity index (χ2n) is 4.43. The standard InChI is InChI=1S/C15H19N/c1-4-16-11-10-14(12(2)3)15(16)13-8-6-5-7-9-13/h5-12H,4H2,1-3H3. The molecule has 2 aromatic rings. The Morgan fingerprint density at radius 3 is 2.31 bits per heavy atom. The molecular formula is C15H19N. The Balaban J connectivity index is 2.57. The summed E-state index contributed by atoms with van der Waals surface area (Å²) in [5, 5.41) is 0. The molecule has 1 nitrogen and oxygen atoms in total. The maximum absolute atomic E-state index is 2.32. The van der Waals surface area contributed by atoms with Crippen LogP contribution in [0.25, 0.3) is 11.3 Å². The van der Waals surface area contributed by atoms with E-state index in [1.165, 1.54) is 16.8 Å². The highest BCUT2D eigenvalue weighted by atomic mass is 15.0. The summed E-state index contributed by atoms with van der Waals surface area (Å²) in [7, 11) is 0. The molecule has 0 bridgehead atoms. The molecule has 0 unspecified atom stereocenters. The molecule has 1 aromatic heterocycles. The highest BCUT2D eigenvalue weighted by Gasteiger charge is 2.12. The first-order chi connectivity index (χ1) is 7.74. The Morgan fingerprint density at radius 1 is 1.06 bits per heavy atom. The van der Waals surface area contributed by atoms with Crippen LogP contribution in [-0.2, 0) is 6.54 Å². The summed E-state index contributed by atoms with van der Waals surface area (Å²) in [5.41, 5.74) is 4.13. The van der Waals surface area contributed by atoms with E-state index in [1.54, 1.807) is 0 Å². The van der Waals surface area contributed by atoms with Crippen LogP contribution >= 0.6 is 0 Å². The highest BCUT2D eigenvalue weighted by Crippen LogP contribution is 2.30. The molecule has 0 N–H and O–H groups in total. The zero-order valence-electron chi connectivity index (χ0n) is 10.3. The molecule has 0 saturated carbocycles. The van der Waals surface area contributed by atoms with E-state index in [4.69, 9.17) is 0 Å². The Bertz CT molecular complexity index is 452. The van der Waals surface area contributed by atoms with Gasteiger partial charge >= 0.3 is 0 Å². The smallest absolute Gasteiger partial charge is 0.0515 e. The van der Waals surface area contributed by atoms with Crippen molar-refractivity contribution in [3.63, 3.8) is 0 Å². The summed E-state index contributed by atoms with van der Waals surface area (Å²) >= 11 is 0. The Morgan fingerprint density at radius 2 is 1.75 bits per heavy atom. The fraction of sp³-hybridized carbons (Fsp3) is 0.333. The Labute approximate surface area is 97.7 Å². The van der Waals surface area contributed by atoms with E-state index in [2.05, 4.69) is 67.9 Å². The van der Waals surface area contributed by atoms with Crippen LogP contribution in [0.2, 0.25) is 0 Å². The fourth-order valence-corrected chi connectivity index (χ4v) is 2.15. The fourth-order valence-electron chi connectivity index (χ4n) is 2.15. The quantitative estimate of drug-likeness (QED) is 0.716. The molecule has 0 radical (unpaired) electrons. The minimum absolute atomic E-state index is 0.572. The van der Waals surface area contributed by atoms with E-state index in [-0.39, 0.29) is 0 Å². The molecule has 84 valence electrons. The van der Waals surface area contributed by atoms with Gasteiger partial charge in [-0.3, -0.25) is 0 Å². The number of hydrogen-bond acceptors (Lipinski definition) is 0. The lowest BCUT2D eigenvalue weighted by atomic mass is 9.99. The number of aryl methyl sites for hydroxylation is 1. The van der Waals surface area contributed by atoms with E-state index < -0.39 is 0 Å². The summed E-state index contributed by atoms with van der Waals surface area (Å²) < 4.78 is 2.32. The van der Waals surface area contributed by atoms with Crippen molar-refractivity contribution in [3.05, 3.63) is 48.2 Å². The van der Waals surface area contributed by atoms with Crippen LogP contribution in [0.1, 0.15) is 32.3 Å². The Kier molecular flexibility index (Phi) is 3.14. The molecule has 1 heterocycles. The first-order valence-corrected chi connectivity index (χ1v) is 5.98. The lowest BCUT2D eigenvalue weighted by molar-refractivity contribution is 0.768. The van der Waals surface area contributed by atoms with Gasteiger partial charge < -0.3 is 4.57 Å². The summed E-state index contributed by atoms with van der Waals surface area (Å²) in [6.07, 6.45) is 2.19. The predicted molar refractivity (Wildman–Crippen MR) is 69.6 cm³/mol. The highest BCUT2D eigenvalue weighted by molar-refractivity contribution is 5.65. The van der Waals surface area contributed by atoms with Crippen LogP contribution < -0.4 is 0 Å². The third kappa shape index (κ3) is 1.90. The van der Waals surface area contributed by atoms with Crippen molar-refractivity contribution in [3.8, 4) is 11.3 Å². The van der Waals surface area contributed by atoms with Crippen LogP contribution in [0.3, 0.4) is 0 Å². The molecular weight excluding hydrogens is 194 g/mol. The average Bonchev–Trinajstić information content (AvgIpc) is 2.73. The van der Waals surface area contributed by atoms with E-state index >= 15 is 0 Å². The zero-order chi connectivity index (χ0) is 11.5. The van der Waals surface area contributed by atoms with Gasteiger partial charge in [0.1, 0.15) is 0 Å². The van der Waals surface area contributed by atoms with E-state index in [9.17, 15) is 0 Å². The van der Waals surface area contributed by atoms with Crippen molar-refractivity contribution >= 4 is 0 Å². The minimum Gasteiger partial charge on any atom is -0.348 e. The van der Waals surface area contributed by atoms with E-state index in [1.807, 2.05) is 0 Å². The van der Waals surface area contributed by atoms with E-state index in [0.717, 1.165) is 6.54 Å². The largest absolute Gasteiger partial charge is 0.348 e. The summed E-state index contributed by atoms with van der Waals surface area (Å²) in [6.45, 7) is 7.72. The van der Waals surface area contributed by atoms with Crippen molar-refractivity contribution in [2.45, 2.75) is 33.2 Å². The molecule has 16 heavy (non-hydrogen) atoms. The van der Waals surface area contributed by atoms with Crippen molar-refractivity contribution in [1.29, 1.82) is 0 Å². The molecule has 0 aliphatic heterocycles. The minimum atomic E-state index is 0.572. The molecule has 1 heteroatoms. The van der Waals surface area contributed by atoms with Gasteiger partial charge in [0.2, 0.25) is 0 Å². The van der Waals surface area contributed by atoms with Crippen molar-refractivity contribution in [2.75, 3.05) is 0 Å². The third-order valence-corrected chi connectivity index (χ3v) is 3.00. The van der Waals surface area contributed by atoms with Gasteiger partial charge in [-0.1, -0.05) is 44.2 Å². The van der Waals surface area contributed by atoms with Crippen molar-refractivity contribution in [1.82, 2.24) is 4.57 Å². The second kappa shape index (κ2) is 4.56. The van der Waals surface area contributed by atoms with Gasteiger partial charge in [-0.05, 0) is 30.0 Å². The van der Waals surface area contributed by atoms with Gasteiger partial charge in [0, 0.05) is 12.7 Å². The topological polar surface area (TPSA) is 4.93 Å². The van der Waals surface area contributed by atoms with E-state index in [0.29, 0.717) is 5.92 Å². The lowest BCUT2D eigenvalue weighted by Crippen LogP contribution is -1.98. The van der Waals surface area contributed by atoms with Crippen LogP contribution in [0.4, 0.5) is 0 Å². The molecule has 0 aliphatic rings. The summed E-state index contributed by atoms with van der Waals surface area (Å²) in [6, 6.07) is 12.9. The summed E-state index contributed by atoms with van der Waals surface area (Å²) in [5.74, 6) is 0.572.